The molecule has 1 saturated heterocycles. The molecule has 2 aliphatic rings. The molecule has 18 heavy (non-hydrogen) atoms. The average Bonchev–Trinajstić information content (AvgIpc) is 3.05. The van der Waals surface area contributed by atoms with E-state index in [1.165, 1.54) is 12.8 Å². The summed E-state index contributed by atoms with van der Waals surface area (Å²) in [6.45, 7) is 2.67. The van der Waals surface area contributed by atoms with Crippen molar-refractivity contribution in [3.8, 4) is 0 Å². The minimum Gasteiger partial charge on any atom is -0.481 e. The van der Waals surface area contributed by atoms with Crippen LogP contribution in [0.1, 0.15) is 19.3 Å². The van der Waals surface area contributed by atoms with Gasteiger partial charge in [0.2, 0.25) is 0 Å². The number of nitrogens with one attached hydrogen (secondary N) is 1. The molecule has 0 aromatic heterocycles. The first-order valence-corrected chi connectivity index (χ1v) is 6.51. The SMILES string of the molecule is CN(CCNC(=O)N1CC(CC(=O)O)C1)C1CC1. The predicted octanol–water partition coefficient (Wildman–Crippen LogP) is 0.197. The lowest BCUT2D eigenvalue weighted by Crippen LogP contribution is -2.54. The van der Waals surface area contributed by atoms with Gasteiger partial charge >= 0.3 is 12.0 Å². The quantitative estimate of drug-likeness (QED) is 0.711. The number of likely N-dealkylation sites (tertiary alicyclic amines) is 1. The van der Waals surface area contributed by atoms with Gasteiger partial charge in [-0.1, -0.05) is 0 Å². The zero-order chi connectivity index (χ0) is 13.1. The van der Waals surface area contributed by atoms with Crippen molar-refractivity contribution in [2.24, 2.45) is 5.92 Å². The zero-order valence-electron chi connectivity index (χ0n) is 10.8. The number of hydrogen-bond donors (Lipinski definition) is 2. The van der Waals surface area contributed by atoms with E-state index in [2.05, 4.69) is 17.3 Å². The van der Waals surface area contributed by atoms with Gasteiger partial charge in [0, 0.05) is 38.1 Å². The summed E-state index contributed by atoms with van der Waals surface area (Å²) >= 11 is 0. The maximum atomic E-state index is 11.7. The number of rotatable bonds is 6. The molecule has 0 spiro atoms. The van der Waals surface area contributed by atoms with Gasteiger partial charge in [0.1, 0.15) is 0 Å². The fourth-order valence-corrected chi connectivity index (χ4v) is 2.26. The first-order valence-electron chi connectivity index (χ1n) is 6.51. The Morgan fingerprint density at radius 3 is 2.61 bits per heavy atom. The van der Waals surface area contributed by atoms with Crippen molar-refractivity contribution in [2.75, 3.05) is 33.2 Å². The van der Waals surface area contributed by atoms with E-state index in [4.69, 9.17) is 5.11 Å². The molecule has 1 aliphatic carbocycles. The molecule has 0 atom stereocenters. The average molecular weight is 255 g/mol. The molecule has 1 heterocycles. The largest absolute Gasteiger partial charge is 0.481 e. The number of carboxylic acid groups (broad SMARTS) is 1. The Labute approximate surface area is 107 Å². The van der Waals surface area contributed by atoms with Crippen molar-refractivity contribution < 1.29 is 14.7 Å². The van der Waals surface area contributed by atoms with Crippen LogP contribution in [-0.4, -0.2) is 66.2 Å². The molecular weight excluding hydrogens is 234 g/mol. The number of carbonyl (C=O) groups excluding carboxylic acids is 1. The van der Waals surface area contributed by atoms with Crippen LogP contribution in [0.2, 0.25) is 0 Å². The van der Waals surface area contributed by atoms with Gasteiger partial charge < -0.3 is 20.2 Å². The lowest BCUT2D eigenvalue weighted by Gasteiger charge is -2.38. The predicted molar refractivity (Wildman–Crippen MR) is 66.4 cm³/mol. The van der Waals surface area contributed by atoms with Crippen LogP contribution in [-0.2, 0) is 4.79 Å². The summed E-state index contributed by atoms with van der Waals surface area (Å²) in [5, 5.41) is 11.5. The summed E-state index contributed by atoms with van der Waals surface area (Å²) in [7, 11) is 2.08. The normalized spacial score (nSPS) is 19.8. The van der Waals surface area contributed by atoms with Gasteiger partial charge in [0.05, 0.1) is 6.42 Å². The van der Waals surface area contributed by atoms with Crippen LogP contribution >= 0.6 is 0 Å². The Morgan fingerprint density at radius 2 is 2.06 bits per heavy atom. The van der Waals surface area contributed by atoms with Crippen LogP contribution < -0.4 is 5.32 Å². The van der Waals surface area contributed by atoms with E-state index in [0.717, 1.165) is 6.54 Å². The van der Waals surface area contributed by atoms with Gasteiger partial charge in [-0.2, -0.15) is 0 Å². The first kappa shape index (κ1) is 13.1. The standard InChI is InChI=1S/C12H21N3O3/c1-14(10-2-3-10)5-4-13-12(18)15-7-9(8-15)6-11(16)17/h9-10H,2-8H2,1H3,(H,13,18)(H,16,17). The second kappa shape index (κ2) is 5.56. The van der Waals surface area contributed by atoms with Crippen molar-refractivity contribution in [1.82, 2.24) is 15.1 Å². The minimum absolute atomic E-state index is 0.0687. The van der Waals surface area contributed by atoms with E-state index >= 15 is 0 Å². The van der Waals surface area contributed by atoms with Crippen LogP contribution in [0.3, 0.4) is 0 Å². The summed E-state index contributed by atoms with van der Waals surface area (Å²) < 4.78 is 0. The third-order valence-corrected chi connectivity index (χ3v) is 3.62. The van der Waals surface area contributed by atoms with Crippen LogP contribution in [0.15, 0.2) is 0 Å². The van der Waals surface area contributed by atoms with Gasteiger partial charge in [-0.15, -0.1) is 0 Å². The molecule has 2 N–H and O–H groups in total. The Balaban J connectivity index is 1.54. The fourth-order valence-electron chi connectivity index (χ4n) is 2.26. The van der Waals surface area contributed by atoms with Crippen LogP contribution in [0, 0.1) is 5.92 Å². The highest BCUT2D eigenvalue weighted by Gasteiger charge is 2.32. The Bertz CT molecular complexity index is 325. The Hall–Kier alpha value is -1.30. The molecule has 2 fully saturated rings. The van der Waals surface area contributed by atoms with Gasteiger partial charge in [-0.05, 0) is 19.9 Å². The van der Waals surface area contributed by atoms with Crippen molar-refractivity contribution in [2.45, 2.75) is 25.3 Å². The highest BCUT2D eigenvalue weighted by Crippen LogP contribution is 2.24. The van der Waals surface area contributed by atoms with E-state index in [-0.39, 0.29) is 18.4 Å². The maximum Gasteiger partial charge on any atom is 0.317 e. The van der Waals surface area contributed by atoms with Gasteiger partial charge in [0.25, 0.3) is 0 Å². The summed E-state index contributed by atoms with van der Waals surface area (Å²) in [6, 6.07) is 0.645. The van der Waals surface area contributed by atoms with E-state index in [1.54, 1.807) is 4.90 Å². The number of carboxylic acids is 1. The molecule has 2 rings (SSSR count). The Kier molecular flexibility index (Phi) is 4.06. The molecule has 1 aliphatic heterocycles. The molecular formula is C12H21N3O3. The molecule has 0 radical (unpaired) electrons. The lowest BCUT2D eigenvalue weighted by atomic mass is 9.97. The molecule has 102 valence electrons. The topological polar surface area (TPSA) is 72.9 Å². The second-order valence-electron chi connectivity index (χ2n) is 5.31. The molecule has 0 aromatic rings. The summed E-state index contributed by atoms with van der Waals surface area (Å²) in [6.07, 6.45) is 2.70. The zero-order valence-corrected chi connectivity index (χ0v) is 10.8. The van der Waals surface area contributed by atoms with E-state index in [1.807, 2.05) is 0 Å². The van der Waals surface area contributed by atoms with Crippen LogP contribution in [0.5, 0.6) is 0 Å². The summed E-state index contributed by atoms with van der Waals surface area (Å²) in [5.74, 6) is -0.659. The monoisotopic (exact) mass is 255 g/mol. The van der Waals surface area contributed by atoms with Crippen molar-refractivity contribution >= 4 is 12.0 Å². The molecule has 6 nitrogen and oxygen atoms in total. The molecule has 6 heteroatoms. The second-order valence-corrected chi connectivity index (χ2v) is 5.31. The number of urea groups is 1. The number of carbonyl (C=O) groups is 2. The van der Waals surface area contributed by atoms with E-state index < -0.39 is 5.97 Å². The fraction of sp³-hybridized carbons (Fsp3) is 0.833. The lowest BCUT2D eigenvalue weighted by molar-refractivity contribution is -0.139. The molecule has 0 bridgehead atoms. The molecule has 1 saturated carbocycles. The van der Waals surface area contributed by atoms with E-state index in [9.17, 15) is 9.59 Å². The molecule has 2 amide bonds. The molecule has 0 aromatic carbocycles. The van der Waals surface area contributed by atoms with Gasteiger partial charge in [-0.25, -0.2) is 4.79 Å². The molecule has 0 unspecified atom stereocenters. The van der Waals surface area contributed by atoms with Crippen LogP contribution in [0.25, 0.3) is 0 Å². The third kappa shape index (κ3) is 3.60. The summed E-state index contributed by atoms with van der Waals surface area (Å²) in [5.41, 5.74) is 0. The van der Waals surface area contributed by atoms with Crippen molar-refractivity contribution in [3.05, 3.63) is 0 Å². The van der Waals surface area contributed by atoms with Crippen LogP contribution in [0.4, 0.5) is 4.79 Å². The number of amides is 2. The summed E-state index contributed by atoms with van der Waals surface area (Å²) in [4.78, 5) is 26.1. The van der Waals surface area contributed by atoms with E-state index in [0.29, 0.717) is 25.7 Å². The number of aliphatic carboxylic acids is 1. The highest BCUT2D eigenvalue weighted by molar-refractivity contribution is 5.75. The number of nitrogens with zero attached hydrogens (tertiary/aromatic N) is 2. The minimum atomic E-state index is -0.786. The highest BCUT2D eigenvalue weighted by atomic mass is 16.4. The van der Waals surface area contributed by atoms with Gasteiger partial charge in [0.15, 0.2) is 0 Å². The first-order chi connectivity index (χ1) is 8.56. The van der Waals surface area contributed by atoms with Gasteiger partial charge in [-0.3, -0.25) is 4.79 Å². The maximum absolute atomic E-state index is 11.7. The number of likely N-dealkylation sites (N-methyl/N-ethyl adjacent to an activating group) is 1. The third-order valence-electron chi connectivity index (χ3n) is 3.62. The number of hydrogen-bond acceptors (Lipinski definition) is 3. The van der Waals surface area contributed by atoms with Crippen molar-refractivity contribution in [1.29, 1.82) is 0 Å². The van der Waals surface area contributed by atoms with Crippen molar-refractivity contribution in [3.63, 3.8) is 0 Å². The Morgan fingerprint density at radius 1 is 1.39 bits per heavy atom. The smallest absolute Gasteiger partial charge is 0.317 e.